The van der Waals surface area contributed by atoms with E-state index in [2.05, 4.69) is 5.32 Å². The summed E-state index contributed by atoms with van der Waals surface area (Å²) >= 11 is 0. The molecule has 11 heteroatoms. The zero-order valence-electron chi connectivity index (χ0n) is 16.6. The summed E-state index contributed by atoms with van der Waals surface area (Å²) in [5.41, 5.74) is 4.13. The third-order valence-electron chi connectivity index (χ3n) is 5.10. The number of ether oxygens (including phenoxy) is 1. The number of benzene rings is 2. The Bertz CT molecular complexity index is 1100. The number of rotatable bonds is 6. The van der Waals surface area contributed by atoms with E-state index >= 15 is 0 Å². The van der Waals surface area contributed by atoms with Crippen LogP contribution < -0.4 is 15.8 Å². The molecule has 31 heavy (non-hydrogen) atoms. The van der Waals surface area contributed by atoms with Gasteiger partial charge in [-0.05, 0) is 43.2 Å². The van der Waals surface area contributed by atoms with E-state index in [0.717, 1.165) is 6.07 Å². The fourth-order valence-corrected chi connectivity index (χ4v) is 4.79. The first-order valence-corrected chi connectivity index (χ1v) is 10.8. The molecule has 0 unspecified atom stereocenters. The van der Waals surface area contributed by atoms with Gasteiger partial charge in [0.25, 0.3) is 5.91 Å². The number of carbonyl (C=O) groups excluding carboxylic acids is 2. The van der Waals surface area contributed by atoms with Crippen LogP contribution in [0.1, 0.15) is 23.2 Å². The van der Waals surface area contributed by atoms with Crippen LogP contribution in [-0.4, -0.2) is 44.7 Å². The van der Waals surface area contributed by atoms with Crippen molar-refractivity contribution in [3.05, 3.63) is 53.6 Å². The number of anilines is 1. The molecule has 0 saturated carbocycles. The van der Waals surface area contributed by atoms with E-state index < -0.39 is 45.0 Å². The number of amides is 2. The molecule has 1 aliphatic rings. The number of primary amides is 1. The molecule has 2 aromatic rings. The average Bonchev–Trinajstić information content (AvgIpc) is 2.75. The van der Waals surface area contributed by atoms with Gasteiger partial charge in [0.2, 0.25) is 15.9 Å². The first-order valence-electron chi connectivity index (χ1n) is 9.37. The number of nitrogens with two attached hydrogens (primary N) is 1. The Balaban J connectivity index is 1.66. The number of nitrogens with zero attached hydrogens (tertiary/aromatic N) is 1. The monoisotopic (exact) mass is 453 g/mol. The summed E-state index contributed by atoms with van der Waals surface area (Å²) in [6.45, 7) is 0.204. The lowest BCUT2D eigenvalue weighted by atomic mass is 9.97. The van der Waals surface area contributed by atoms with Crippen molar-refractivity contribution in [1.82, 2.24) is 4.31 Å². The first-order chi connectivity index (χ1) is 14.6. The maximum absolute atomic E-state index is 14.0. The van der Waals surface area contributed by atoms with E-state index in [-0.39, 0.29) is 36.5 Å². The Kier molecular flexibility index (Phi) is 6.56. The lowest BCUT2D eigenvalue weighted by molar-refractivity contribution is -0.120. The van der Waals surface area contributed by atoms with Crippen molar-refractivity contribution in [2.24, 2.45) is 11.7 Å². The quantitative estimate of drug-likeness (QED) is 0.695. The summed E-state index contributed by atoms with van der Waals surface area (Å²) in [6, 6.07) is 7.30. The van der Waals surface area contributed by atoms with Crippen molar-refractivity contribution in [3.63, 3.8) is 0 Å². The Morgan fingerprint density at radius 2 is 1.71 bits per heavy atom. The first kappa shape index (κ1) is 22.6. The summed E-state index contributed by atoms with van der Waals surface area (Å²) < 4.78 is 59.4. The van der Waals surface area contributed by atoms with Gasteiger partial charge in [-0.1, -0.05) is 0 Å². The Morgan fingerprint density at radius 1 is 1.10 bits per heavy atom. The zero-order valence-corrected chi connectivity index (χ0v) is 17.4. The van der Waals surface area contributed by atoms with Crippen molar-refractivity contribution >= 4 is 27.5 Å². The molecule has 0 atom stereocenters. The highest BCUT2D eigenvalue weighted by Gasteiger charge is 2.32. The minimum Gasteiger partial charge on any atom is -0.497 e. The van der Waals surface area contributed by atoms with Gasteiger partial charge in [0.05, 0.1) is 23.3 Å². The molecule has 2 aromatic carbocycles. The molecule has 3 N–H and O–H groups in total. The minimum atomic E-state index is -3.73. The molecular formula is C20H21F2N3O5S. The molecule has 0 aromatic heterocycles. The van der Waals surface area contributed by atoms with Gasteiger partial charge in [-0.2, -0.15) is 4.31 Å². The lowest BCUT2D eigenvalue weighted by Gasteiger charge is -2.30. The van der Waals surface area contributed by atoms with Crippen LogP contribution in [0.25, 0.3) is 0 Å². The molecule has 1 saturated heterocycles. The van der Waals surface area contributed by atoms with Crippen LogP contribution in [0.3, 0.4) is 0 Å². The van der Waals surface area contributed by atoms with Crippen LogP contribution >= 0.6 is 0 Å². The van der Waals surface area contributed by atoms with E-state index in [9.17, 15) is 26.8 Å². The third-order valence-corrected chi connectivity index (χ3v) is 7.01. The molecule has 0 spiro atoms. The summed E-state index contributed by atoms with van der Waals surface area (Å²) in [6.07, 6.45) is 0.430. The Hall–Kier alpha value is -3.05. The smallest absolute Gasteiger partial charge is 0.251 e. The standard InChI is InChI=1S/C20H21F2N3O5S/c1-30-13-2-4-14(5-3-13)31(28,29)25-8-6-12(7-9-25)20(27)24-18-10-15(19(23)26)16(21)11-17(18)22/h2-5,10-12H,6-9H2,1H3,(H2,23,26)(H,24,27). The Morgan fingerprint density at radius 3 is 2.26 bits per heavy atom. The van der Waals surface area contributed by atoms with Crippen molar-refractivity contribution in [2.75, 3.05) is 25.5 Å². The van der Waals surface area contributed by atoms with Crippen molar-refractivity contribution < 1.29 is 31.5 Å². The van der Waals surface area contributed by atoms with Gasteiger partial charge >= 0.3 is 0 Å². The van der Waals surface area contributed by atoms with Crippen LogP contribution in [0.5, 0.6) is 5.75 Å². The van der Waals surface area contributed by atoms with Crippen molar-refractivity contribution in [2.45, 2.75) is 17.7 Å². The van der Waals surface area contributed by atoms with E-state index in [4.69, 9.17) is 10.5 Å². The van der Waals surface area contributed by atoms with Gasteiger partial charge in [0.1, 0.15) is 17.4 Å². The number of methoxy groups -OCH3 is 1. The van der Waals surface area contributed by atoms with Gasteiger partial charge in [-0.3, -0.25) is 9.59 Å². The molecule has 0 aliphatic carbocycles. The maximum Gasteiger partial charge on any atom is 0.251 e. The van der Waals surface area contributed by atoms with Crippen LogP contribution in [0.4, 0.5) is 14.5 Å². The molecule has 166 valence electrons. The summed E-state index contributed by atoms with van der Waals surface area (Å²) in [5.74, 6) is -3.87. The minimum absolute atomic E-state index is 0.102. The molecule has 2 amide bonds. The normalized spacial score (nSPS) is 15.5. The van der Waals surface area contributed by atoms with E-state index in [0.29, 0.717) is 11.8 Å². The van der Waals surface area contributed by atoms with E-state index in [1.54, 1.807) is 12.1 Å². The topological polar surface area (TPSA) is 119 Å². The molecule has 0 bridgehead atoms. The Labute approximate surface area is 178 Å². The fourth-order valence-electron chi connectivity index (χ4n) is 3.32. The number of nitrogens with one attached hydrogen (secondary N) is 1. The van der Waals surface area contributed by atoms with Crippen molar-refractivity contribution in [3.8, 4) is 5.75 Å². The van der Waals surface area contributed by atoms with Crippen LogP contribution in [0, 0.1) is 17.6 Å². The SMILES string of the molecule is COc1ccc(S(=O)(=O)N2CCC(C(=O)Nc3cc(C(N)=O)c(F)cc3F)CC2)cc1. The number of carbonyl (C=O) groups is 2. The lowest BCUT2D eigenvalue weighted by Crippen LogP contribution is -2.41. The molecular weight excluding hydrogens is 432 g/mol. The van der Waals surface area contributed by atoms with E-state index in [1.165, 1.54) is 23.5 Å². The van der Waals surface area contributed by atoms with E-state index in [1.807, 2.05) is 0 Å². The van der Waals surface area contributed by atoms with Gasteiger partial charge in [-0.15, -0.1) is 0 Å². The van der Waals surface area contributed by atoms with Gasteiger partial charge in [-0.25, -0.2) is 17.2 Å². The van der Waals surface area contributed by atoms with Gasteiger partial charge < -0.3 is 15.8 Å². The second-order valence-electron chi connectivity index (χ2n) is 7.02. The van der Waals surface area contributed by atoms with Crippen molar-refractivity contribution in [1.29, 1.82) is 0 Å². The van der Waals surface area contributed by atoms with Crippen LogP contribution in [-0.2, 0) is 14.8 Å². The predicted octanol–water partition coefficient (Wildman–Crippen LogP) is 2.11. The molecule has 1 fully saturated rings. The van der Waals surface area contributed by atoms with Gasteiger partial charge in [0.15, 0.2) is 0 Å². The number of hydrogen-bond acceptors (Lipinski definition) is 5. The number of halogens is 2. The number of piperidine rings is 1. The molecule has 3 rings (SSSR count). The molecule has 0 radical (unpaired) electrons. The number of hydrogen-bond donors (Lipinski definition) is 2. The maximum atomic E-state index is 14.0. The largest absolute Gasteiger partial charge is 0.497 e. The highest BCUT2D eigenvalue weighted by molar-refractivity contribution is 7.89. The highest BCUT2D eigenvalue weighted by atomic mass is 32.2. The second-order valence-corrected chi connectivity index (χ2v) is 8.96. The second kappa shape index (κ2) is 8.98. The highest BCUT2D eigenvalue weighted by Crippen LogP contribution is 2.27. The number of sulfonamides is 1. The predicted molar refractivity (Wildman–Crippen MR) is 108 cm³/mol. The molecule has 1 heterocycles. The summed E-state index contributed by atoms with van der Waals surface area (Å²) in [5, 5.41) is 2.33. The fraction of sp³-hybridized carbons (Fsp3) is 0.300. The summed E-state index contributed by atoms with van der Waals surface area (Å²) in [4.78, 5) is 23.9. The summed E-state index contributed by atoms with van der Waals surface area (Å²) in [7, 11) is -2.25. The van der Waals surface area contributed by atoms with Gasteiger partial charge in [0, 0.05) is 25.1 Å². The van der Waals surface area contributed by atoms with Crippen LogP contribution in [0.15, 0.2) is 41.3 Å². The third kappa shape index (κ3) is 4.83. The molecule has 8 nitrogen and oxygen atoms in total. The average molecular weight is 453 g/mol. The van der Waals surface area contributed by atoms with Crippen LogP contribution in [0.2, 0.25) is 0 Å². The molecule has 1 aliphatic heterocycles. The zero-order chi connectivity index (χ0) is 22.8.